The first-order chi connectivity index (χ1) is 16.9. The Kier molecular flexibility index (Phi) is 9.70. The van der Waals surface area contributed by atoms with Crippen LogP contribution in [-0.4, -0.2) is 76.0 Å². The molecular formula is C25H28O9S. The number of methoxy groups -OCH3 is 2. The van der Waals surface area contributed by atoms with Gasteiger partial charge in [-0.3, -0.25) is 4.79 Å². The quantitative estimate of drug-likeness (QED) is 0.251. The minimum atomic E-state index is -1.40. The summed E-state index contributed by atoms with van der Waals surface area (Å²) >= 11 is 1.10. The minimum Gasteiger partial charge on any atom is -0.478 e. The maximum atomic E-state index is 13.6. The zero-order chi connectivity index (χ0) is 25.4. The number of fused-ring (bicyclic) bond motifs is 2. The molecule has 0 atom stereocenters. The van der Waals surface area contributed by atoms with Crippen LogP contribution in [0.3, 0.4) is 0 Å². The molecule has 0 unspecified atom stereocenters. The number of benzene rings is 2. The molecule has 35 heavy (non-hydrogen) atoms. The van der Waals surface area contributed by atoms with E-state index in [0.29, 0.717) is 42.1 Å². The predicted molar refractivity (Wildman–Crippen MR) is 132 cm³/mol. The molecule has 0 aliphatic heterocycles. The van der Waals surface area contributed by atoms with Crippen LogP contribution in [0.2, 0.25) is 0 Å². The van der Waals surface area contributed by atoms with Gasteiger partial charge in [0.15, 0.2) is 5.43 Å². The van der Waals surface area contributed by atoms with Gasteiger partial charge in [0.2, 0.25) is 0 Å². The van der Waals surface area contributed by atoms with E-state index in [1.165, 1.54) is 7.11 Å². The van der Waals surface area contributed by atoms with Crippen molar-refractivity contribution in [2.45, 2.75) is 12.8 Å². The lowest BCUT2D eigenvalue weighted by atomic mass is 9.89. The van der Waals surface area contributed by atoms with Gasteiger partial charge in [0, 0.05) is 29.7 Å². The molecule has 9 nitrogen and oxygen atoms in total. The molecule has 2 aromatic carbocycles. The average molecular weight is 505 g/mol. The van der Waals surface area contributed by atoms with Gasteiger partial charge >= 0.3 is 11.9 Å². The number of ether oxygens (including phenoxy) is 4. The largest absolute Gasteiger partial charge is 0.478 e. The highest BCUT2D eigenvalue weighted by atomic mass is 32.1. The third kappa shape index (κ3) is 6.03. The summed E-state index contributed by atoms with van der Waals surface area (Å²) in [5.74, 6) is -2.77. The van der Waals surface area contributed by atoms with Crippen molar-refractivity contribution in [1.82, 2.24) is 0 Å². The molecule has 0 aliphatic carbocycles. The van der Waals surface area contributed by atoms with Crippen molar-refractivity contribution in [3.8, 4) is 0 Å². The summed E-state index contributed by atoms with van der Waals surface area (Å²) in [5.41, 5.74) is -0.284. The average Bonchev–Trinajstić information content (AvgIpc) is 2.83. The second kappa shape index (κ2) is 12.7. The first-order valence-corrected chi connectivity index (χ1v) is 11.9. The maximum Gasteiger partial charge on any atom is 0.338 e. The van der Waals surface area contributed by atoms with Gasteiger partial charge in [0.25, 0.3) is 0 Å². The Morgan fingerprint density at radius 1 is 0.800 bits per heavy atom. The number of carbonyl (C=O) groups is 2. The normalized spacial score (nSPS) is 11.4. The first kappa shape index (κ1) is 26.7. The van der Waals surface area contributed by atoms with Crippen LogP contribution in [0.4, 0.5) is 0 Å². The van der Waals surface area contributed by atoms with Crippen LogP contribution in [0.15, 0.2) is 29.1 Å². The van der Waals surface area contributed by atoms with Crippen molar-refractivity contribution in [1.29, 1.82) is 0 Å². The van der Waals surface area contributed by atoms with Gasteiger partial charge < -0.3 is 29.2 Å². The van der Waals surface area contributed by atoms with Crippen LogP contribution < -0.4 is 5.43 Å². The monoisotopic (exact) mass is 504 g/mol. The van der Waals surface area contributed by atoms with Crippen LogP contribution in [-0.2, 0) is 31.8 Å². The highest BCUT2D eigenvalue weighted by molar-refractivity contribution is 7.25. The molecule has 0 bridgehead atoms. The summed E-state index contributed by atoms with van der Waals surface area (Å²) in [6.07, 6.45) is 0.347. The molecule has 0 saturated heterocycles. The molecular weight excluding hydrogens is 476 g/mol. The minimum absolute atomic E-state index is 0.117. The number of carboxylic acid groups (broad SMARTS) is 2. The van der Waals surface area contributed by atoms with Crippen LogP contribution in [0.25, 0.3) is 20.2 Å². The SMILES string of the molecule is COCCOCCc1c(C(=O)O)c(C(=O)O)c2sc3ccccc3c(=O)c2c1CCOCCOC. The van der Waals surface area contributed by atoms with Crippen molar-refractivity contribution >= 4 is 43.4 Å². The predicted octanol–water partition coefficient (Wildman–Crippen LogP) is 3.22. The summed E-state index contributed by atoms with van der Waals surface area (Å²) in [5, 5.41) is 20.8. The molecule has 1 heterocycles. The van der Waals surface area contributed by atoms with Crippen molar-refractivity contribution < 1.29 is 38.7 Å². The summed E-state index contributed by atoms with van der Waals surface area (Å²) in [4.78, 5) is 38.4. The molecule has 0 saturated carbocycles. The Morgan fingerprint density at radius 3 is 1.94 bits per heavy atom. The van der Waals surface area contributed by atoms with E-state index < -0.39 is 11.9 Å². The fourth-order valence-corrected chi connectivity index (χ4v) is 5.23. The summed E-state index contributed by atoms with van der Waals surface area (Å²) in [6.45, 7) is 1.72. The van der Waals surface area contributed by atoms with Crippen molar-refractivity contribution in [3.05, 3.63) is 56.7 Å². The van der Waals surface area contributed by atoms with Gasteiger partial charge in [-0.1, -0.05) is 12.1 Å². The molecule has 2 N–H and O–H groups in total. The first-order valence-electron chi connectivity index (χ1n) is 11.1. The highest BCUT2D eigenvalue weighted by Gasteiger charge is 2.29. The molecule has 0 fully saturated rings. The Labute approximate surface area is 205 Å². The van der Waals surface area contributed by atoms with E-state index in [2.05, 4.69) is 0 Å². The second-order valence-corrected chi connectivity index (χ2v) is 8.71. The number of hydrogen-bond acceptors (Lipinski definition) is 8. The Balaban J connectivity index is 2.28. The van der Waals surface area contributed by atoms with Crippen LogP contribution in [0.1, 0.15) is 31.8 Å². The van der Waals surface area contributed by atoms with Gasteiger partial charge in [0.05, 0.1) is 55.5 Å². The molecule has 0 aliphatic rings. The standard InChI is InChI=1S/C25H28O9S/c1-31-11-13-33-9-7-15-16(8-10-34-14-12-32-2)20-22(26)17-5-3-4-6-18(17)35-23(20)21(25(29)30)19(15)24(27)28/h3-6H,7-14H2,1-2H3,(H,27,28)(H,29,30). The van der Waals surface area contributed by atoms with Gasteiger partial charge in [-0.15, -0.1) is 11.3 Å². The number of carboxylic acids is 2. The lowest BCUT2D eigenvalue weighted by Crippen LogP contribution is -2.20. The lowest BCUT2D eigenvalue weighted by Gasteiger charge is -2.19. The molecule has 0 amide bonds. The number of aromatic carboxylic acids is 2. The van der Waals surface area contributed by atoms with Crippen LogP contribution >= 0.6 is 11.3 Å². The smallest absolute Gasteiger partial charge is 0.338 e. The Hall–Kier alpha value is -2.89. The van der Waals surface area contributed by atoms with Crippen molar-refractivity contribution in [2.24, 2.45) is 0 Å². The maximum absolute atomic E-state index is 13.6. The summed E-state index contributed by atoms with van der Waals surface area (Å²) in [6, 6.07) is 6.90. The third-order valence-corrected chi connectivity index (χ3v) is 6.72. The van der Waals surface area contributed by atoms with Gasteiger partial charge in [0.1, 0.15) is 0 Å². The van der Waals surface area contributed by atoms with E-state index in [9.17, 15) is 24.6 Å². The highest BCUT2D eigenvalue weighted by Crippen LogP contribution is 2.35. The van der Waals surface area contributed by atoms with Gasteiger partial charge in [-0.2, -0.15) is 0 Å². The van der Waals surface area contributed by atoms with E-state index in [1.807, 2.05) is 0 Å². The van der Waals surface area contributed by atoms with Gasteiger partial charge in [-0.25, -0.2) is 9.59 Å². The fourth-order valence-electron chi connectivity index (χ4n) is 3.99. The molecule has 0 spiro atoms. The molecule has 1 aromatic heterocycles. The van der Waals surface area contributed by atoms with E-state index in [0.717, 1.165) is 11.3 Å². The van der Waals surface area contributed by atoms with E-state index in [-0.39, 0.29) is 58.3 Å². The topological polar surface area (TPSA) is 129 Å². The van der Waals surface area contributed by atoms with E-state index in [4.69, 9.17) is 18.9 Å². The molecule has 10 heteroatoms. The second-order valence-electron chi connectivity index (χ2n) is 7.66. The molecule has 3 aromatic rings. The number of rotatable bonds is 14. The summed E-state index contributed by atoms with van der Waals surface area (Å²) < 4.78 is 21.8. The molecule has 0 radical (unpaired) electrons. The van der Waals surface area contributed by atoms with Gasteiger partial charge in [-0.05, 0) is 36.1 Å². The zero-order valence-electron chi connectivity index (χ0n) is 19.6. The zero-order valence-corrected chi connectivity index (χ0v) is 20.4. The van der Waals surface area contributed by atoms with E-state index in [1.54, 1.807) is 31.4 Å². The fraction of sp³-hybridized carbons (Fsp3) is 0.400. The lowest BCUT2D eigenvalue weighted by molar-refractivity contribution is 0.0644. The Morgan fingerprint density at radius 2 is 1.37 bits per heavy atom. The van der Waals surface area contributed by atoms with Crippen LogP contribution in [0, 0.1) is 0 Å². The third-order valence-electron chi connectivity index (χ3n) is 5.53. The number of hydrogen-bond donors (Lipinski definition) is 2. The van der Waals surface area contributed by atoms with Crippen LogP contribution in [0.5, 0.6) is 0 Å². The molecule has 188 valence electrons. The van der Waals surface area contributed by atoms with Crippen molar-refractivity contribution in [3.63, 3.8) is 0 Å². The summed E-state index contributed by atoms with van der Waals surface area (Å²) in [7, 11) is 3.09. The Bertz CT molecular complexity index is 1270. The van der Waals surface area contributed by atoms with E-state index >= 15 is 0 Å². The molecule has 3 rings (SSSR count). The van der Waals surface area contributed by atoms with Crippen molar-refractivity contribution in [2.75, 3.05) is 53.9 Å².